The normalized spacial score (nSPS) is 11.2. The van der Waals surface area contributed by atoms with Crippen LogP contribution in [0.25, 0.3) is 10.9 Å². The fourth-order valence-corrected chi connectivity index (χ4v) is 2.32. The van der Waals surface area contributed by atoms with Crippen LogP contribution >= 0.6 is 11.6 Å². The molecular formula is C17H14ClN3O3. The number of aromatic amines is 1. The molecule has 0 saturated heterocycles. The van der Waals surface area contributed by atoms with E-state index < -0.39 is 5.91 Å². The Hall–Kier alpha value is -2.86. The quantitative estimate of drug-likeness (QED) is 0.682. The number of para-hydroxylation sites is 1. The first-order chi connectivity index (χ1) is 11.5. The van der Waals surface area contributed by atoms with E-state index in [0.717, 1.165) is 5.56 Å². The number of carbonyl (C=O) groups is 1. The van der Waals surface area contributed by atoms with Crippen LogP contribution in [-0.2, 0) is 4.79 Å². The molecule has 1 aromatic heterocycles. The van der Waals surface area contributed by atoms with Crippen molar-refractivity contribution in [3.8, 4) is 11.6 Å². The summed E-state index contributed by atoms with van der Waals surface area (Å²) in [6.07, 6.45) is 0. The van der Waals surface area contributed by atoms with Crippen LogP contribution in [0, 0.1) is 6.92 Å². The number of aromatic hydroxyl groups is 1. The topological polar surface area (TPSA) is 87.0 Å². The van der Waals surface area contributed by atoms with Gasteiger partial charge in [-0.3, -0.25) is 4.79 Å². The second kappa shape index (κ2) is 6.72. The average Bonchev–Trinajstić information content (AvgIpc) is 2.89. The van der Waals surface area contributed by atoms with Crippen LogP contribution in [-0.4, -0.2) is 22.6 Å². The van der Waals surface area contributed by atoms with Gasteiger partial charge in [0.15, 0.2) is 12.3 Å². The number of H-pyrrole nitrogens is 1. The second-order valence-corrected chi connectivity index (χ2v) is 5.57. The summed E-state index contributed by atoms with van der Waals surface area (Å²) in [7, 11) is 0. The number of halogens is 1. The average molecular weight is 344 g/mol. The Morgan fingerprint density at radius 2 is 2.08 bits per heavy atom. The number of ether oxygens (including phenoxy) is 1. The summed E-state index contributed by atoms with van der Waals surface area (Å²) in [6, 6.07) is 12.3. The Balaban J connectivity index is 1.68. The number of aryl methyl sites for hydroxylation is 1. The SMILES string of the molecule is Cc1cc(OCC(=O)N=Nc2c(O)[nH]c3ccccc23)ccc1Cl. The lowest BCUT2D eigenvalue weighted by Crippen LogP contribution is -2.07. The van der Waals surface area contributed by atoms with Crippen molar-refractivity contribution < 1.29 is 14.6 Å². The van der Waals surface area contributed by atoms with E-state index in [1.807, 2.05) is 19.1 Å². The van der Waals surface area contributed by atoms with Crippen LogP contribution in [0.3, 0.4) is 0 Å². The molecule has 3 aromatic rings. The Bertz CT molecular complexity index is 934. The number of hydrogen-bond acceptors (Lipinski definition) is 4. The van der Waals surface area contributed by atoms with Gasteiger partial charge in [0, 0.05) is 10.4 Å². The van der Waals surface area contributed by atoms with Gasteiger partial charge in [0.1, 0.15) is 5.75 Å². The minimum atomic E-state index is -0.563. The zero-order valence-corrected chi connectivity index (χ0v) is 13.5. The fraction of sp³-hybridized carbons (Fsp3) is 0.118. The third kappa shape index (κ3) is 3.38. The van der Waals surface area contributed by atoms with Gasteiger partial charge in [0.05, 0.1) is 5.52 Å². The van der Waals surface area contributed by atoms with E-state index in [2.05, 4.69) is 15.2 Å². The van der Waals surface area contributed by atoms with E-state index >= 15 is 0 Å². The largest absolute Gasteiger partial charge is 0.493 e. The predicted octanol–water partition coefficient (Wildman–Crippen LogP) is 4.52. The third-order valence-corrected chi connectivity index (χ3v) is 3.84. The molecule has 0 radical (unpaired) electrons. The summed E-state index contributed by atoms with van der Waals surface area (Å²) < 4.78 is 5.36. The maximum Gasteiger partial charge on any atom is 0.302 e. The Labute approximate surface area is 142 Å². The van der Waals surface area contributed by atoms with Gasteiger partial charge in [-0.15, -0.1) is 10.2 Å². The summed E-state index contributed by atoms with van der Waals surface area (Å²) in [5, 5.41) is 18.6. The highest BCUT2D eigenvalue weighted by molar-refractivity contribution is 6.31. The molecule has 0 spiro atoms. The summed E-state index contributed by atoms with van der Waals surface area (Å²) in [6.45, 7) is 1.59. The zero-order valence-electron chi connectivity index (χ0n) is 12.8. The van der Waals surface area contributed by atoms with Gasteiger partial charge in [-0.05, 0) is 36.8 Å². The van der Waals surface area contributed by atoms with Gasteiger partial charge in [-0.2, -0.15) is 0 Å². The smallest absolute Gasteiger partial charge is 0.302 e. The molecule has 1 heterocycles. The number of benzene rings is 2. The highest BCUT2D eigenvalue weighted by Crippen LogP contribution is 2.35. The molecule has 3 rings (SSSR count). The molecule has 0 atom stereocenters. The predicted molar refractivity (Wildman–Crippen MR) is 91.2 cm³/mol. The van der Waals surface area contributed by atoms with E-state index in [9.17, 15) is 9.90 Å². The van der Waals surface area contributed by atoms with Gasteiger partial charge in [-0.1, -0.05) is 29.8 Å². The highest BCUT2D eigenvalue weighted by Gasteiger charge is 2.10. The molecule has 24 heavy (non-hydrogen) atoms. The van der Waals surface area contributed by atoms with E-state index in [1.165, 1.54) is 0 Å². The van der Waals surface area contributed by atoms with Crippen molar-refractivity contribution in [2.24, 2.45) is 10.2 Å². The molecule has 0 bridgehead atoms. The van der Waals surface area contributed by atoms with Crippen LogP contribution < -0.4 is 4.74 Å². The van der Waals surface area contributed by atoms with Crippen LogP contribution in [0.15, 0.2) is 52.7 Å². The Morgan fingerprint density at radius 1 is 1.29 bits per heavy atom. The number of nitrogens with zero attached hydrogens (tertiary/aromatic N) is 2. The number of nitrogens with one attached hydrogen (secondary N) is 1. The standard InChI is InChI=1S/C17H14ClN3O3/c1-10-8-11(6-7-13(10)18)24-9-15(22)20-21-16-12-4-2-3-5-14(12)19-17(16)23/h2-8,19,23H,9H2,1H3. The van der Waals surface area contributed by atoms with E-state index in [0.29, 0.717) is 21.7 Å². The number of fused-ring (bicyclic) bond motifs is 1. The summed E-state index contributed by atoms with van der Waals surface area (Å²) >= 11 is 5.93. The van der Waals surface area contributed by atoms with Crippen molar-refractivity contribution in [1.82, 2.24) is 4.98 Å². The van der Waals surface area contributed by atoms with Crippen molar-refractivity contribution in [2.75, 3.05) is 6.61 Å². The molecular weight excluding hydrogens is 330 g/mol. The number of aromatic nitrogens is 1. The zero-order chi connectivity index (χ0) is 17.1. The van der Waals surface area contributed by atoms with E-state index in [4.69, 9.17) is 16.3 Å². The molecule has 2 N–H and O–H groups in total. The lowest BCUT2D eigenvalue weighted by Gasteiger charge is -2.05. The first kappa shape index (κ1) is 16.0. The third-order valence-electron chi connectivity index (χ3n) is 3.41. The molecule has 0 aliphatic heterocycles. The summed E-state index contributed by atoms with van der Waals surface area (Å²) in [4.78, 5) is 14.6. The molecule has 122 valence electrons. The van der Waals surface area contributed by atoms with Crippen LogP contribution in [0.1, 0.15) is 5.56 Å². The van der Waals surface area contributed by atoms with E-state index in [1.54, 1.807) is 30.3 Å². The Morgan fingerprint density at radius 3 is 2.88 bits per heavy atom. The Kier molecular flexibility index (Phi) is 4.48. The maximum absolute atomic E-state index is 11.8. The molecule has 0 unspecified atom stereocenters. The molecule has 2 aromatic carbocycles. The van der Waals surface area contributed by atoms with Gasteiger partial charge < -0.3 is 14.8 Å². The molecule has 0 saturated carbocycles. The van der Waals surface area contributed by atoms with Gasteiger partial charge in [0.2, 0.25) is 5.88 Å². The molecule has 0 aliphatic carbocycles. The van der Waals surface area contributed by atoms with Crippen molar-refractivity contribution >= 4 is 34.1 Å². The fourth-order valence-electron chi connectivity index (χ4n) is 2.20. The highest BCUT2D eigenvalue weighted by atomic mass is 35.5. The van der Waals surface area contributed by atoms with Crippen molar-refractivity contribution in [3.05, 3.63) is 53.1 Å². The molecule has 0 fully saturated rings. The van der Waals surface area contributed by atoms with Crippen LogP contribution in [0.2, 0.25) is 5.02 Å². The number of hydrogen-bond donors (Lipinski definition) is 2. The van der Waals surface area contributed by atoms with Crippen LogP contribution in [0.4, 0.5) is 5.69 Å². The lowest BCUT2D eigenvalue weighted by molar-refractivity contribution is -0.120. The van der Waals surface area contributed by atoms with E-state index in [-0.39, 0.29) is 18.2 Å². The molecule has 7 heteroatoms. The molecule has 6 nitrogen and oxygen atoms in total. The number of rotatable bonds is 4. The number of amides is 1. The van der Waals surface area contributed by atoms with Crippen LogP contribution in [0.5, 0.6) is 11.6 Å². The van der Waals surface area contributed by atoms with Crippen molar-refractivity contribution in [3.63, 3.8) is 0 Å². The maximum atomic E-state index is 11.8. The number of azo groups is 1. The first-order valence-corrected chi connectivity index (χ1v) is 7.55. The molecule has 1 amide bonds. The second-order valence-electron chi connectivity index (χ2n) is 5.16. The first-order valence-electron chi connectivity index (χ1n) is 7.18. The minimum absolute atomic E-state index is 0.137. The van der Waals surface area contributed by atoms with Gasteiger partial charge in [-0.25, -0.2) is 0 Å². The number of carbonyl (C=O) groups excluding carboxylic acids is 1. The monoisotopic (exact) mass is 343 g/mol. The van der Waals surface area contributed by atoms with Gasteiger partial charge >= 0.3 is 5.91 Å². The molecule has 0 aliphatic rings. The lowest BCUT2D eigenvalue weighted by atomic mass is 10.2. The summed E-state index contributed by atoms with van der Waals surface area (Å²) in [5.41, 5.74) is 1.79. The van der Waals surface area contributed by atoms with Crippen molar-refractivity contribution in [1.29, 1.82) is 0 Å². The van der Waals surface area contributed by atoms with Crippen molar-refractivity contribution in [2.45, 2.75) is 6.92 Å². The van der Waals surface area contributed by atoms with Gasteiger partial charge in [0.25, 0.3) is 0 Å². The minimum Gasteiger partial charge on any atom is -0.493 e. The summed E-state index contributed by atoms with van der Waals surface area (Å²) in [5.74, 6) is -0.176.